The van der Waals surface area contributed by atoms with Crippen LogP contribution < -0.4 is 10.5 Å². The van der Waals surface area contributed by atoms with E-state index in [4.69, 9.17) is 22.1 Å². The number of rotatable bonds is 2. The summed E-state index contributed by atoms with van der Waals surface area (Å²) in [6, 6.07) is 16.1. The number of halogens is 1. The molecule has 0 aliphatic heterocycles. The molecule has 0 bridgehead atoms. The van der Waals surface area contributed by atoms with Crippen molar-refractivity contribution in [2.45, 2.75) is 0 Å². The van der Waals surface area contributed by atoms with E-state index in [9.17, 15) is 5.26 Å². The molecule has 0 amide bonds. The first-order valence-electron chi connectivity index (χ1n) is 6.20. The Morgan fingerprint density at radius 2 is 1.95 bits per heavy atom. The van der Waals surface area contributed by atoms with E-state index < -0.39 is 0 Å². The maximum absolute atomic E-state index is 9.24. The lowest BCUT2D eigenvalue weighted by molar-refractivity contribution is 0.465. The Hall–Kier alpha value is -2.77. The molecule has 5 heteroatoms. The number of aromatic nitrogens is 1. The van der Waals surface area contributed by atoms with Gasteiger partial charge < -0.3 is 10.5 Å². The largest absolute Gasteiger partial charge is 0.437 e. The molecule has 4 nitrogen and oxygen atoms in total. The van der Waals surface area contributed by atoms with Gasteiger partial charge in [-0.2, -0.15) is 5.26 Å². The van der Waals surface area contributed by atoms with Crippen LogP contribution in [0.2, 0.25) is 5.02 Å². The molecule has 0 atom stereocenters. The van der Waals surface area contributed by atoms with Crippen molar-refractivity contribution in [3.05, 3.63) is 59.1 Å². The van der Waals surface area contributed by atoms with E-state index in [0.717, 1.165) is 5.39 Å². The summed E-state index contributed by atoms with van der Waals surface area (Å²) < 4.78 is 5.67. The molecule has 0 aliphatic carbocycles. The van der Waals surface area contributed by atoms with Crippen molar-refractivity contribution in [3.63, 3.8) is 0 Å². The van der Waals surface area contributed by atoms with Gasteiger partial charge in [0.1, 0.15) is 11.8 Å². The van der Waals surface area contributed by atoms with Gasteiger partial charge in [-0.05, 0) is 24.3 Å². The fourth-order valence-corrected chi connectivity index (χ4v) is 2.24. The molecular weight excluding hydrogens is 286 g/mol. The lowest BCUT2D eigenvalue weighted by Gasteiger charge is -2.09. The average Bonchev–Trinajstić information content (AvgIpc) is 2.49. The Morgan fingerprint density at radius 1 is 1.14 bits per heavy atom. The number of benzene rings is 2. The molecule has 2 N–H and O–H groups in total. The third-order valence-electron chi connectivity index (χ3n) is 2.98. The Morgan fingerprint density at radius 3 is 2.71 bits per heavy atom. The molecule has 3 rings (SSSR count). The molecule has 102 valence electrons. The van der Waals surface area contributed by atoms with E-state index in [-0.39, 0.29) is 0 Å². The Balaban J connectivity index is 2.07. The molecule has 0 saturated carbocycles. The van der Waals surface area contributed by atoms with Crippen LogP contribution in [0.3, 0.4) is 0 Å². The number of para-hydroxylation sites is 1. The summed E-state index contributed by atoms with van der Waals surface area (Å²) in [4.78, 5) is 4.38. The molecule has 1 aromatic heterocycles. The highest BCUT2D eigenvalue weighted by Gasteiger charge is 2.09. The smallest absolute Gasteiger partial charge is 0.221 e. The number of ether oxygens (including phenoxy) is 1. The SMILES string of the molecule is N#Cc1cc(Oc2ccc(N)cc2Cl)nc2ccccc12. The zero-order valence-corrected chi connectivity index (χ0v) is 11.6. The second kappa shape index (κ2) is 5.31. The van der Waals surface area contributed by atoms with Gasteiger partial charge in [0.2, 0.25) is 5.88 Å². The quantitative estimate of drug-likeness (QED) is 0.721. The van der Waals surface area contributed by atoms with Crippen molar-refractivity contribution in [2.75, 3.05) is 5.73 Å². The number of nitrogens with zero attached hydrogens (tertiary/aromatic N) is 2. The van der Waals surface area contributed by atoms with E-state index >= 15 is 0 Å². The fourth-order valence-electron chi connectivity index (χ4n) is 2.01. The molecule has 0 radical (unpaired) electrons. The molecule has 3 aromatic rings. The molecule has 0 aliphatic rings. The van der Waals surface area contributed by atoms with Crippen molar-refractivity contribution in [1.82, 2.24) is 4.98 Å². The third-order valence-corrected chi connectivity index (χ3v) is 3.28. The lowest BCUT2D eigenvalue weighted by atomic mass is 10.1. The van der Waals surface area contributed by atoms with E-state index in [2.05, 4.69) is 11.1 Å². The molecule has 0 unspecified atom stereocenters. The van der Waals surface area contributed by atoms with Gasteiger partial charge in [0.25, 0.3) is 0 Å². The van der Waals surface area contributed by atoms with Crippen molar-refractivity contribution in [2.24, 2.45) is 0 Å². The van der Waals surface area contributed by atoms with E-state index in [1.807, 2.05) is 24.3 Å². The minimum atomic E-state index is 0.317. The number of anilines is 1. The minimum Gasteiger partial charge on any atom is -0.437 e. The lowest BCUT2D eigenvalue weighted by Crippen LogP contribution is -1.93. The summed E-state index contributed by atoms with van der Waals surface area (Å²) in [5, 5.41) is 10.4. The average molecular weight is 296 g/mol. The van der Waals surface area contributed by atoms with Crippen molar-refractivity contribution in [1.29, 1.82) is 5.26 Å². The van der Waals surface area contributed by atoms with Gasteiger partial charge in [0.05, 0.1) is 16.1 Å². The minimum absolute atomic E-state index is 0.317. The topological polar surface area (TPSA) is 71.9 Å². The first-order chi connectivity index (χ1) is 10.2. The van der Waals surface area contributed by atoms with Crippen LogP contribution in [0, 0.1) is 11.3 Å². The first kappa shape index (κ1) is 13.2. The van der Waals surface area contributed by atoms with Crippen molar-refractivity contribution in [3.8, 4) is 17.7 Å². The van der Waals surface area contributed by atoms with Crippen LogP contribution in [0.4, 0.5) is 5.69 Å². The van der Waals surface area contributed by atoms with E-state index in [1.54, 1.807) is 24.3 Å². The van der Waals surface area contributed by atoms with Crippen LogP contribution in [-0.2, 0) is 0 Å². The highest BCUT2D eigenvalue weighted by Crippen LogP contribution is 2.31. The summed E-state index contributed by atoms with van der Waals surface area (Å²) in [6.07, 6.45) is 0. The van der Waals surface area contributed by atoms with Gasteiger partial charge in [0, 0.05) is 17.1 Å². The molecule has 21 heavy (non-hydrogen) atoms. The number of hydrogen-bond donors (Lipinski definition) is 1. The standard InChI is InChI=1S/C16H10ClN3O/c17-13-8-11(19)5-6-15(13)21-16-7-10(9-18)12-3-1-2-4-14(12)20-16/h1-8H,19H2. The molecule has 0 fully saturated rings. The predicted molar refractivity (Wildman–Crippen MR) is 82.4 cm³/mol. The van der Waals surface area contributed by atoms with Crippen LogP contribution in [-0.4, -0.2) is 4.98 Å². The van der Waals surface area contributed by atoms with Gasteiger partial charge in [-0.1, -0.05) is 29.8 Å². The second-order valence-electron chi connectivity index (χ2n) is 4.43. The number of nitrogens with two attached hydrogens (primary N) is 1. The zero-order chi connectivity index (χ0) is 14.8. The van der Waals surface area contributed by atoms with E-state index in [1.165, 1.54) is 0 Å². The Kier molecular flexibility index (Phi) is 3.35. The normalized spacial score (nSPS) is 10.3. The molecule has 1 heterocycles. The van der Waals surface area contributed by atoms with Crippen LogP contribution >= 0.6 is 11.6 Å². The van der Waals surface area contributed by atoms with Crippen LogP contribution in [0.1, 0.15) is 5.56 Å². The predicted octanol–water partition coefficient (Wildman–Crippen LogP) is 4.13. The molecular formula is C16H10ClN3O. The molecule has 2 aromatic carbocycles. The maximum Gasteiger partial charge on any atom is 0.221 e. The van der Waals surface area contributed by atoms with Crippen LogP contribution in [0.25, 0.3) is 10.9 Å². The summed E-state index contributed by atoms with van der Waals surface area (Å²) in [5.74, 6) is 0.759. The number of nitrogen functional groups attached to an aromatic ring is 1. The summed E-state index contributed by atoms with van der Waals surface area (Å²) >= 11 is 6.07. The maximum atomic E-state index is 9.24. The Labute approximate surface area is 126 Å². The van der Waals surface area contributed by atoms with Gasteiger partial charge in [-0.15, -0.1) is 0 Å². The van der Waals surface area contributed by atoms with Gasteiger partial charge >= 0.3 is 0 Å². The molecule has 0 spiro atoms. The van der Waals surface area contributed by atoms with Crippen molar-refractivity contribution < 1.29 is 4.74 Å². The number of pyridine rings is 1. The van der Waals surface area contributed by atoms with Crippen LogP contribution in [0.5, 0.6) is 11.6 Å². The fraction of sp³-hybridized carbons (Fsp3) is 0. The van der Waals surface area contributed by atoms with Gasteiger partial charge in [-0.25, -0.2) is 4.98 Å². The first-order valence-corrected chi connectivity index (χ1v) is 6.58. The van der Waals surface area contributed by atoms with Gasteiger partial charge in [-0.3, -0.25) is 0 Å². The highest BCUT2D eigenvalue weighted by molar-refractivity contribution is 6.32. The second-order valence-corrected chi connectivity index (χ2v) is 4.84. The van der Waals surface area contributed by atoms with E-state index in [0.29, 0.717) is 33.4 Å². The summed E-state index contributed by atoms with van der Waals surface area (Å²) in [6.45, 7) is 0. The number of hydrogen-bond acceptors (Lipinski definition) is 4. The number of fused-ring (bicyclic) bond motifs is 1. The summed E-state index contributed by atoms with van der Waals surface area (Å²) in [5.41, 5.74) is 7.39. The van der Waals surface area contributed by atoms with Crippen LogP contribution in [0.15, 0.2) is 48.5 Å². The summed E-state index contributed by atoms with van der Waals surface area (Å²) in [7, 11) is 0. The zero-order valence-electron chi connectivity index (χ0n) is 10.9. The van der Waals surface area contributed by atoms with Crippen molar-refractivity contribution >= 4 is 28.2 Å². The highest BCUT2D eigenvalue weighted by atomic mass is 35.5. The number of nitriles is 1. The third kappa shape index (κ3) is 2.60. The Bertz CT molecular complexity index is 871. The molecule has 0 saturated heterocycles. The monoisotopic (exact) mass is 295 g/mol. The van der Waals surface area contributed by atoms with Gasteiger partial charge in [0.15, 0.2) is 0 Å².